The minimum Gasteiger partial charge on any atom is -0.334 e. The molecule has 2 aromatic carbocycles. The Kier molecular flexibility index (Phi) is 5.33. The zero-order chi connectivity index (χ0) is 23.1. The first-order chi connectivity index (χ1) is 15.9. The van der Waals surface area contributed by atoms with Gasteiger partial charge >= 0.3 is 0 Å². The van der Waals surface area contributed by atoms with E-state index in [9.17, 15) is 0 Å². The molecule has 0 fully saturated rings. The molecule has 0 spiro atoms. The van der Waals surface area contributed by atoms with Crippen molar-refractivity contribution in [1.29, 1.82) is 0 Å². The van der Waals surface area contributed by atoms with E-state index in [4.69, 9.17) is 9.97 Å². The molecule has 0 unspecified atom stereocenters. The minimum atomic E-state index is 0.109. The average molecular weight is 436 g/mol. The van der Waals surface area contributed by atoms with Crippen LogP contribution in [0.3, 0.4) is 0 Å². The highest BCUT2D eigenvalue weighted by molar-refractivity contribution is 5.68. The third-order valence-corrected chi connectivity index (χ3v) is 6.49. The lowest BCUT2D eigenvalue weighted by Gasteiger charge is -2.28. The zero-order valence-corrected chi connectivity index (χ0v) is 19.7. The number of hydrogen-bond acceptors (Lipinski definition) is 4. The maximum Gasteiger partial charge on any atom is 0.161 e. The van der Waals surface area contributed by atoms with E-state index in [1.807, 2.05) is 30.2 Å². The topological polar surface area (TPSA) is 46.8 Å². The van der Waals surface area contributed by atoms with Crippen LogP contribution in [0.1, 0.15) is 49.4 Å². The summed E-state index contributed by atoms with van der Waals surface area (Å²) < 4.78 is 2.03. The van der Waals surface area contributed by atoms with Gasteiger partial charge in [-0.3, -0.25) is 0 Å². The van der Waals surface area contributed by atoms with Crippen LogP contribution in [0.25, 0.3) is 22.8 Å². The second kappa shape index (κ2) is 8.32. The van der Waals surface area contributed by atoms with Gasteiger partial charge in [-0.1, -0.05) is 69.0 Å². The number of imidazole rings is 1. The summed E-state index contributed by atoms with van der Waals surface area (Å²) in [5, 5.41) is 0. The van der Waals surface area contributed by atoms with Gasteiger partial charge in [-0.25, -0.2) is 15.0 Å². The van der Waals surface area contributed by atoms with E-state index in [0.29, 0.717) is 5.92 Å². The Bertz CT molecular complexity index is 1320. The lowest BCUT2D eigenvalue weighted by Crippen LogP contribution is -2.23. The van der Waals surface area contributed by atoms with Crippen LogP contribution in [-0.4, -0.2) is 19.5 Å². The smallest absolute Gasteiger partial charge is 0.161 e. The Balaban J connectivity index is 1.49. The molecule has 0 radical (unpaired) electrons. The number of rotatable bonds is 5. The third kappa shape index (κ3) is 3.74. The molecule has 1 atom stereocenters. The summed E-state index contributed by atoms with van der Waals surface area (Å²) in [5.74, 6) is 3.10. The van der Waals surface area contributed by atoms with Gasteiger partial charge in [-0.05, 0) is 24.0 Å². The highest BCUT2D eigenvalue weighted by Gasteiger charge is 2.30. The highest BCUT2D eigenvalue weighted by Crippen LogP contribution is 2.40. The fourth-order valence-corrected chi connectivity index (χ4v) is 4.68. The SMILES string of the molecule is C=C1Cc2cnc(-c3ccccc3C(C)C)nc2N1[C@@H](C)c1ccc(-c2nccn2C)cc1. The predicted octanol–water partition coefficient (Wildman–Crippen LogP) is 6.30. The molecule has 3 heterocycles. The molecule has 5 rings (SSSR count). The second-order valence-corrected chi connectivity index (χ2v) is 9.06. The molecule has 1 aliphatic rings. The number of anilines is 1. The van der Waals surface area contributed by atoms with Gasteiger partial charge in [-0.2, -0.15) is 0 Å². The van der Waals surface area contributed by atoms with E-state index < -0.39 is 0 Å². The lowest BCUT2D eigenvalue weighted by molar-refractivity contribution is 0.740. The zero-order valence-electron chi connectivity index (χ0n) is 19.7. The minimum absolute atomic E-state index is 0.109. The maximum absolute atomic E-state index is 5.06. The molecular weight excluding hydrogens is 406 g/mol. The summed E-state index contributed by atoms with van der Waals surface area (Å²) in [6.45, 7) is 11.0. The van der Waals surface area contributed by atoms with E-state index in [1.54, 1.807) is 0 Å². The number of fused-ring (bicyclic) bond motifs is 1. The monoisotopic (exact) mass is 435 g/mol. The van der Waals surface area contributed by atoms with Crippen molar-refractivity contribution in [3.8, 4) is 22.8 Å². The standard InChI is InChI=1S/C28H29N5/c1-18(2)24-8-6-7-9-25(24)26-30-17-23-16-19(3)33(28(23)31-26)20(4)21-10-12-22(13-11-21)27-29-14-15-32(27)5/h6-15,17-18,20H,3,16H2,1-2,4-5H3/t20-/m0/s1. The van der Waals surface area contributed by atoms with Gasteiger partial charge in [0.25, 0.3) is 0 Å². The summed E-state index contributed by atoms with van der Waals surface area (Å²) in [4.78, 5) is 16.5. The van der Waals surface area contributed by atoms with Crippen LogP contribution in [0, 0.1) is 0 Å². The normalized spacial score (nSPS) is 14.1. The first-order valence-corrected chi connectivity index (χ1v) is 11.4. The molecular formula is C28H29N5. The van der Waals surface area contributed by atoms with Crippen molar-refractivity contribution < 1.29 is 0 Å². The fourth-order valence-electron chi connectivity index (χ4n) is 4.68. The lowest BCUT2D eigenvalue weighted by atomic mass is 9.97. The van der Waals surface area contributed by atoms with Crippen LogP contribution in [0.5, 0.6) is 0 Å². The number of aromatic nitrogens is 4. The van der Waals surface area contributed by atoms with Gasteiger partial charge in [-0.15, -0.1) is 0 Å². The molecule has 2 aromatic heterocycles. The fraction of sp³-hybridized carbons (Fsp3) is 0.250. The van der Waals surface area contributed by atoms with Gasteiger partial charge in [0.1, 0.15) is 11.6 Å². The van der Waals surface area contributed by atoms with Crippen LogP contribution in [0.15, 0.2) is 79.4 Å². The molecule has 166 valence electrons. The third-order valence-electron chi connectivity index (χ3n) is 6.49. The Morgan fingerprint density at radius 2 is 1.73 bits per heavy atom. The molecule has 5 nitrogen and oxygen atoms in total. The van der Waals surface area contributed by atoms with Gasteiger partial charge in [0.05, 0.1) is 6.04 Å². The molecule has 0 saturated carbocycles. The van der Waals surface area contributed by atoms with Crippen molar-refractivity contribution in [2.75, 3.05) is 4.90 Å². The maximum atomic E-state index is 5.06. The van der Waals surface area contributed by atoms with Crippen LogP contribution in [0.4, 0.5) is 5.82 Å². The molecule has 33 heavy (non-hydrogen) atoms. The second-order valence-electron chi connectivity index (χ2n) is 9.06. The van der Waals surface area contributed by atoms with E-state index in [1.165, 1.54) is 11.1 Å². The Morgan fingerprint density at radius 3 is 2.42 bits per heavy atom. The van der Waals surface area contributed by atoms with Gasteiger partial charge in [0.2, 0.25) is 0 Å². The molecule has 0 amide bonds. The molecule has 5 heteroatoms. The van der Waals surface area contributed by atoms with Crippen LogP contribution in [-0.2, 0) is 13.5 Å². The summed E-state index contributed by atoms with van der Waals surface area (Å²) in [6.07, 6.45) is 6.53. The van der Waals surface area contributed by atoms with Crippen molar-refractivity contribution in [2.45, 2.75) is 39.2 Å². The Morgan fingerprint density at radius 1 is 0.970 bits per heavy atom. The van der Waals surface area contributed by atoms with Gasteiger partial charge < -0.3 is 9.47 Å². The van der Waals surface area contributed by atoms with Crippen LogP contribution < -0.4 is 4.90 Å². The average Bonchev–Trinajstić information content (AvgIpc) is 3.40. The molecule has 0 N–H and O–H groups in total. The summed E-state index contributed by atoms with van der Waals surface area (Å²) in [7, 11) is 2.01. The summed E-state index contributed by atoms with van der Waals surface area (Å²) in [5.41, 5.74) is 6.86. The van der Waals surface area contributed by atoms with Crippen molar-refractivity contribution in [3.63, 3.8) is 0 Å². The molecule has 0 aliphatic carbocycles. The number of hydrogen-bond donors (Lipinski definition) is 0. The molecule has 0 bridgehead atoms. The number of nitrogens with zero attached hydrogens (tertiary/aromatic N) is 5. The number of benzene rings is 2. The van der Waals surface area contributed by atoms with E-state index in [2.05, 4.69) is 85.8 Å². The highest BCUT2D eigenvalue weighted by atomic mass is 15.3. The van der Waals surface area contributed by atoms with E-state index >= 15 is 0 Å². The van der Waals surface area contributed by atoms with Gasteiger partial charge in [0, 0.05) is 54.4 Å². The van der Waals surface area contributed by atoms with E-state index in [-0.39, 0.29) is 6.04 Å². The van der Waals surface area contributed by atoms with Gasteiger partial charge in [0.15, 0.2) is 5.82 Å². The van der Waals surface area contributed by atoms with Crippen LogP contribution >= 0.6 is 0 Å². The van der Waals surface area contributed by atoms with Crippen molar-refractivity contribution in [2.24, 2.45) is 7.05 Å². The summed E-state index contributed by atoms with van der Waals surface area (Å²) >= 11 is 0. The van der Waals surface area contributed by atoms with E-state index in [0.717, 1.165) is 46.3 Å². The number of aryl methyl sites for hydroxylation is 1. The Hall–Kier alpha value is -3.73. The Labute approximate surface area is 195 Å². The first kappa shape index (κ1) is 21.1. The molecule has 1 aliphatic heterocycles. The molecule has 0 saturated heterocycles. The van der Waals surface area contributed by atoms with Crippen molar-refractivity contribution >= 4 is 5.82 Å². The number of allylic oxidation sites excluding steroid dienone is 1. The van der Waals surface area contributed by atoms with Crippen LogP contribution in [0.2, 0.25) is 0 Å². The van der Waals surface area contributed by atoms with Crippen molar-refractivity contribution in [3.05, 3.63) is 96.1 Å². The summed E-state index contributed by atoms with van der Waals surface area (Å²) in [6, 6.07) is 17.2. The first-order valence-electron chi connectivity index (χ1n) is 11.4. The quantitative estimate of drug-likeness (QED) is 0.369. The molecule has 4 aromatic rings. The van der Waals surface area contributed by atoms with Crippen molar-refractivity contribution in [1.82, 2.24) is 19.5 Å². The largest absolute Gasteiger partial charge is 0.334 e. The predicted molar refractivity (Wildman–Crippen MR) is 134 cm³/mol.